The Morgan fingerprint density at radius 2 is 1.88 bits per heavy atom. The van der Waals surface area contributed by atoms with E-state index in [1.807, 2.05) is 24.3 Å². The molecule has 3 rings (SSSR count). The van der Waals surface area contributed by atoms with E-state index in [1.165, 1.54) is 12.1 Å². The molecule has 136 valence electrons. The molecular formula is C20H20FNO4. The van der Waals surface area contributed by atoms with E-state index in [0.717, 1.165) is 24.5 Å². The van der Waals surface area contributed by atoms with Crippen molar-refractivity contribution >= 4 is 17.6 Å². The van der Waals surface area contributed by atoms with E-state index in [4.69, 9.17) is 9.84 Å². The molecule has 6 heteroatoms. The second kappa shape index (κ2) is 7.15. The van der Waals surface area contributed by atoms with Gasteiger partial charge in [-0.25, -0.2) is 9.18 Å². The molecule has 2 N–H and O–H groups in total. The molecule has 0 radical (unpaired) electrons. The number of carbonyl (C=O) groups excluding carboxylic acids is 1. The van der Waals surface area contributed by atoms with E-state index in [9.17, 15) is 14.0 Å². The van der Waals surface area contributed by atoms with Crippen LogP contribution in [0.3, 0.4) is 0 Å². The van der Waals surface area contributed by atoms with Crippen LogP contribution in [0, 0.1) is 5.82 Å². The minimum atomic E-state index is -1.22. The molecular weight excluding hydrogens is 337 g/mol. The molecule has 1 aliphatic carbocycles. The van der Waals surface area contributed by atoms with E-state index >= 15 is 0 Å². The maximum absolute atomic E-state index is 14.2. The lowest BCUT2D eigenvalue weighted by Crippen LogP contribution is -2.38. The van der Waals surface area contributed by atoms with Crippen molar-refractivity contribution in [1.82, 2.24) is 0 Å². The van der Waals surface area contributed by atoms with Gasteiger partial charge in [-0.2, -0.15) is 0 Å². The summed E-state index contributed by atoms with van der Waals surface area (Å²) in [7, 11) is 1.57. The maximum Gasteiger partial charge on any atom is 0.335 e. The molecule has 0 aromatic heterocycles. The van der Waals surface area contributed by atoms with Crippen molar-refractivity contribution in [1.29, 1.82) is 0 Å². The van der Waals surface area contributed by atoms with Crippen molar-refractivity contribution in [3.05, 3.63) is 59.4 Å². The van der Waals surface area contributed by atoms with Crippen LogP contribution in [0.15, 0.2) is 42.5 Å². The Hall–Kier alpha value is -2.89. The summed E-state index contributed by atoms with van der Waals surface area (Å²) in [5, 5.41) is 11.6. The SMILES string of the molecule is COc1cccc(C2(C(=O)Nc3ccc(C(=O)O)cc3F)CCCC2)c1. The van der Waals surface area contributed by atoms with Crippen LogP contribution in [-0.4, -0.2) is 24.1 Å². The van der Waals surface area contributed by atoms with Crippen molar-refractivity contribution < 1.29 is 23.8 Å². The molecule has 1 amide bonds. The quantitative estimate of drug-likeness (QED) is 0.849. The number of benzene rings is 2. The number of carboxylic acids is 1. The number of carboxylic acid groups (broad SMARTS) is 1. The minimum Gasteiger partial charge on any atom is -0.497 e. The van der Waals surface area contributed by atoms with Crippen molar-refractivity contribution in [2.75, 3.05) is 12.4 Å². The minimum absolute atomic E-state index is 0.0193. The number of methoxy groups -OCH3 is 1. The van der Waals surface area contributed by atoms with E-state index in [1.54, 1.807) is 7.11 Å². The van der Waals surface area contributed by atoms with Gasteiger partial charge >= 0.3 is 5.97 Å². The third kappa shape index (κ3) is 3.27. The Morgan fingerprint density at radius 3 is 2.50 bits per heavy atom. The Bertz CT molecular complexity index is 843. The third-order valence-corrected chi connectivity index (χ3v) is 4.98. The Balaban J connectivity index is 1.91. The standard InChI is InChI=1S/C20H20FNO4/c1-26-15-6-4-5-14(12-15)20(9-2-3-10-20)19(25)22-17-8-7-13(18(23)24)11-16(17)21/h4-8,11-12H,2-3,9-10H2,1H3,(H,22,25)(H,23,24). The summed E-state index contributed by atoms with van der Waals surface area (Å²) in [6.07, 6.45) is 3.15. The van der Waals surface area contributed by atoms with Gasteiger partial charge in [-0.15, -0.1) is 0 Å². The van der Waals surface area contributed by atoms with Gasteiger partial charge in [-0.1, -0.05) is 25.0 Å². The fourth-order valence-electron chi connectivity index (χ4n) is 3.54. The first-order valence-electron chi connectivity index (χ1n) is 8.45. The summed E-state index contributed by atoms with van der Waals surface area (Å²) < 4.78 is 19.5. The molecule has 0 atom stereocenters. The molecule has 0 bridgehead atoms. The first kappa shape index (κ1) is 17.9. The van der Waals surface area contributed by atoms with E-state index in [2.05, 4.69) is 5.32 Å². The van der Waals surface area contributed by atoms with Gasteiger partial charge in [0, 0.05) is 0 Å². The number of anilines is 1. The average Bonchev–Trinajstić information content (AvgIpc) is 3.14. The van der Waals surface area contributed by atoms with Gasteiger partial charge in [-0.3, -0.25) is 4.79 Å². The number of hydrogen-bond donors (Lipinski definition) is 2. The largest absolute Gasteiger partial charge is 0.497 e. The van der Waals surface area contributed by atoms with Gasteiger partial charge in [0.05, 0.1) is 23.8 Å². The number of carbonyl (C=O) groups is 2. The fraction of sp³-hybridized carbons (Fsp3) is 0.300. The molecule has 1 fully saturated rings. The topological polar surface area (TPSA) is 75.6 Å². The van der Waals surface area contributed by atoms with Gasteiger partial charge in [0.2, 0.25) is 5.91 Å². The Labute approximate surface area is 150 Å². The van der Waals surface area contributed by atoms with Crippen molar-refractivity contribution in [3.8, 4) is 5.75 Å². The van der Waals surface area contributed by atoms with Crippen molar-refractivity contribution in [2.45, 2.75) is 31.1 Å². The molecule has 1 saturated carbocycles. The first-order valence-corrected chi connectivity index (χ1v) is 8.45. The number of aromatic carboxylic acids is 1. The highest BCUT2D eigenvalue weighted by atomic mass is 19.1. The molecule has 0 unspecified atom stereocenters. The highest BCUT2D eigenvalue weighted by Crippen LogP contribution is 2.43. The summed E-state index contributed by atoms with van der Waals surface area (Å²) in [4.78, 5) is 24.0. The summed E-state index contributed by atoms with van der Waals surface area (Å²) in [5.74, 6) is -1.61. The predicted octanol–water partition coefficient (Wildman–Crippen LogP) is 3.98. The zero-order valence-corrected chi connectivity index (χ0v) is 14.4. The Morgan fingerprint density at radius 1 is 1.15 bits per heavy atom. The summed E-state index contributed by atoms with van der Waals surface area (Å²) in [5.41, 5.74) is -0.0839. The summed E-state index contributed by atoms with van der Waals surface area (Å²) in [6.45, 7) is 0. The second-order valence-electron chi connectivity index (χ2n) is 6.48. The predicted molar refractivity (Wildman–Crippen MR) is 95.1 cm³/mol. The number of ether oxygens (including phenoxy) is 1. The lowest BCUT2D eigenvalue weighted by Gasteiger charge is -2.28. The molecule has 0 heterocycles. The van der Waals surface area contributed by atoms with Gasteiger partial charge in [-0.05, 0) is 48.7 Å². The number of halogens is 1. The van der Waals surface area contributed by atoms with Crippen LogP contribution in [0.2, 0.25) is 0 Å². The first-order chi connectivity index (χ1) is 12.5. The summed E-state index contributed by atoms with van der Waals surface area (Å²) >= 11 is 0. The maximum atomic E-state index is 14.2. The van der Waals surface area contributed by atoms with Crippen molar-refractivity contribution in [3.63, 3.8) is 0 Å². The average molecular weight is 357 g/mol. The zero-order chi connectivity index (χ0) is 18.7. The van der Waals surface area contributed by atoms with Crippen LogP contribution >= 0.6 is 0 Å². The molecule has 5 nitrogen and oxygen atoms in total. The monoisotopic (exact) mass is 357 g/mol. The molecule has 0 aliphatic heterocycles. The molecule has 0 saturated heterocycles. The van der Waals surface area contributed by atoms with Crippen LogP contribution in [0.1, 0.15) is 41.6 Å². The van der Waals surface area contributed by atoms with Crippen LogP contribution in [0.5, 0.6) is 5.75 Å². The number of rotatable bonds is 5. The molecule has 0 spiro atoms. The number of hydrogen-bond acceptors (Lipinski definition) is 3. The zero-order valence-electron chi connectivity index (χ0n) is 14.4. The van der Waals surface area contributed by atoms with Gasteiger partial charge < -0.3 is 15.2 Å². The van der Waals surface area contributed by atoms with E-state index in [-0.39, 0.29) is 17.2 Å². The van der Waals surface area contributed by atoms with Gasteiger partial charge in [0.1, 0.15) is 11.6 Å². The van der Waals surface area contributed by atoms with E-state index < -0.39 is 17.2 Å². The second-order valence-corrected chi connectivity index (χ2v) is 6.48. The van der Waals surface area contributed by atoms with Crippen LogP contribution in [-0.2, 0) is 10.2 Å². The van der Waals surface area contributed by atoms with Crippen LogP contribution in [0.25, 0.3) is 0 Å². The molecule has 1 aliphatic rings. The van der Waals surface area contributed by atoms with Crippen LogP contribution < -0.4 is 10.1 Å². The van der Waals surface area contributed by atoms with Gasteiger partial charge in [0.25, 0.3) is 0 Å². The molecule has 2 aromatic carbocycles. The van der Waals surface area contributed by atoms with Gasteiger partial charge in [0.15, 0.2) is 0 Å². The van der Waals surface area contributed by atoms with Crippen molar-refractivity contribution in [2.24, 2.45) is 0 Å². The third-order valence-electron chi connectivity index (χ3n) is 4.98. The highest BCUT2D eigenvalue weighted by Gasteiger charge is 2.43. The Kier molecular flexibility index (Phi) is 4.93. The summed E-state index contributed by atoms with van der Waals surface area (Å²) in [6, 6.07) is 10.8. The van der Waals surface area contributed by atoms with Crippen LogP contribution in [0.4, 0.5) is 10.1 Å². The molecule has 2 aromatic rings. The highest BCUT2D eigenvalue weighted by molar-refractivity contribution is 6.00. The lowest BCUT2D eigenvalue weighted by molar-refractivity contribution is -0.121. The lowest BCUT2D eigenvalue weighted by atomic mass is 9.78. The number of amides is 1. The number of nitrogens with one attached hydrogen (secondary N) is 1. The molecule has 26 heavy (non-hydrogen) atoms. The van der Waals surface area contributed by atoms with E-state index in [0.29, 0.717) is 18.6 Å². The fourth-order valence-corrected chi connectivity index (χ4v) is 3.54. The smallest absolute Gasteiger partial charge is 0.335 e. The normalized spacial score (nSPS) is 15.5.